The number of benzene rings is 1. The zero-order valence-corrected chi connectivity index (χ0v) is 15.6. The third-order valence-corrected chi connectivity index (χ3v) is 3.12. The topological polar surface area (TPSA) is 88.1 Å². The number of ether oxygens (including phenoxy) is 4. The Bertz CT molecular complexity index is 674. The molecule has 0 unspecified atom stereocenters. The Kier molecular flexibility index (Phi) is 10.00. The van der Waals surface area contributed by atoms with Gasteiger partial charge < -0.3 is 18.9 Å². The van der Waals surface area contributed by atoms with Crippen molar-refractivity contribution in [3.05, 3.63) is 48.1 Å². The second kappa shape index (κ2) is 12.3. The van der Waals surface area contributed by atoms with E-state index < -0.39 is 18.1 Å². The Morgan fingerprint density at radius 2 is 1.63 bits per heavy atom. The van der Waals surface area contributed by atoms with E-state index >= 15 is 0 Å². The normalized spacial score (nSPS) is 10.3. The molecule has 0 amide bonds. The average molecular weight is 376 g/mol. The summed E-state index contributed by atoms with van der Waals surface area (Å²) in [4.78, 5) is 34.0. The lowest BCUT2D eigenvalue weighted by Crippen LogP contribution is -2.09. The van der Waals surface area contributed by atoms with Crippen LogP contribution < -0.4 is 4.74 Å². The number of hydrogen-bond donors (Lipinski definition) is 0. The molecule has 0 aromatic heterocycles. The fourth-order valence-corrected chi connectivity index (χ4v) is 1.77. The van der Waals surface area contributed by atoms with Crippen molar-refractivity contribution in [3.8, 4) is 5.75 Å². The first-order valence-corrected chi connectivity index (χ1v) is 8.54. The van der Waals surface area contributed by atoms with E-state index in [0.29, 0.717) is 24.2 Å². The molecule has 0 spiro atoms. The molecule has 0 fully saturated rings. The predicted molar refractivity (Wildman–Crippen MR) is 99.1 cm³/mol. The fourth-order valence-electron chi connectivity index (χ4n) is 1.77. The molecule has 0 saturated carbocycles. The van der Waals surface area contributed by atoms with Crippen molar-refractivity contribution in [3.63, 3.8) is 0 Å². The average Bonchev–Trinajstić information content (AvgIpc) is 2.63. The zero-order chi connectivity index (χ0) is 20.1. The molecule has 0 bridgehead atoms. The molecule has 0 saturated heterocycles. The Morgan fingerprint density at radius 3 is 2.22 bits per heavy atom. The van der Waals surface area contributed by atoms with Gasteiger partial charge in [0.1, 0.15) is 5.75 Å². The van der Waals surface area contributed by atoms with E-state index in [1.807, 2.05) is 0 Å². The second-order valence-electron chi connectivity index (χ2n) is 5.48. The van der Waals surface area contributed by atoms with Crippen LogP contribution in [0.15, 0.2) is 42.5 Å². The lowest BCUT2D eigenvalue weighted by molar-refractivity contribution is -0.140. The SMILES string of the molecule is C=C(C)C(=O)OCCCCOC(=O)/C=C/c1ccc(OC(=O)OCC)cc1. The third kappa shape index (κ3) is 9.84. The zero-order valence-electron chi connectivity index (χ0n) is 15.6. The van der Waals surface area contributed by atoms with Gasteiger partial charge in [0, 0.05) is 11.6 Å². The minimum Gasteiger partial charge on any atom is -0.463 e. The van der Waals surface area contributed by atoms with Crippen molar-refractivity contribution in [2.24, 2.45) is 0 Å². The summed E-state index contributed by atoms with van der Waals surface area (Å²) in [5.41, 5.74) is 1.10. The Hall–Kier alpha value is -3.09. The maximum Gasteiger partial charge on any atom is 0.513 e. The van der Waals surface area contributed by atoms with Gasteiger partial charge in [-0.3, -0.25) is 0 Å². The van der Waals surface area contributed by atoms with E-state index in [-0.39, 0.29) is 19.8 Å². The van der Waals surface area contributed by atoms with Crippen LogP contribution in [0, 0.1) is 0 Å². The highest BCUT2D eigenvalue weighted by Gasteiger charge is 2.04. The number of rotatable bonds is 10. The van der Waals surface area contributed by atoms with Crippen LogP contribution in [0.25, 0.3) is 6.08 Å². The van der Waals surface area contributed by atoms with Gasteiger partial charge >= 0.3 is 18.1 Å². The van der Waals surface area contributed by atoms with Crippen molar-refractivity contribution in [2.75, 3.05) is 19.8 Å². The van der Waals surface area contributed by atoms with Crippen molar-refractivity contribution in [1.29, 1.82) is 0 Å². The first-order valence-electron chi connectivity index (χ1n) is 8.54. The van der Waals surface area contributed by atoms with Gasteiger partial charge in [0.2, 0.25) is 0 Å². The first-order chi connectivity index (χ1) is 12.9. The molecule has 7 heteroatoms. The summed E-state index contributed by atoms with van der Waals surface area (Å²) in [5.74, 6) is -0.546. The lowest BCUT2D eigenvalue weighted by atomic mass is 10.2. The summed E-state index contributed by atoms with van der Waals surface area (Å²) >= 11 is 0. The van der Waals surface area contributed by atoms with Crippen molar-refractivity contribution in [1.82, 2.24) is 0 Å². The van der Waals surface area contributed by atoms with Crippen molar-refractivity contribution in [2.45, 2.75) is 26.7 Å². The molecule has 27 heavy (non-hydrogen) atoms. The molecule has 0 aliphatic carbocycles. The second-order valence-corrected chi connectivity index (χ2v) is 5.48. The van der Waals surface area contributed by atoms with E-state index in [1.165, 1.54) is 6.08 Å². The number of carbonyl (C=O) groups is 3. The molecule has 7 nitrogen and oxygen atoms in total. The number of unbranched alkanes of at least 4 members (excludes halogenated alkanes) is 1. The van der Waals surface area contributed by atoms with Crippen LogP contribution in [0.4, 0.5) is 4.79 Å². The molecule has 0 aliphatic heterocycles. The summed E-state index contributed by atoms with van der Waals surface area (Å²) in [7, 11) is 0. The summed E-state index contributed by atoms with van der Waals surface area (Å²) in [6.45, 7) is 7.49. The smallest absolute Gasteiger partial charge is 0.463 e. The molecule has 146 valence electrons. The number of carbonyl (C=O) groups excluding carboxylic acids is 3. The van der Waals surface area contributed by atoms with Crippen LogP contribution in [0.3, 0.4) is 0 Å². The van der Waals surface area contributed by atoms with Crippen LogP contribution >= 0.6 is 0 Å². The maximum absolute atomic E-state index is 11.6. The van der Waals surface area contributed by atoms with Gasteiger partial charge in [-0.15, -0.1) is 0 Å². The molecule has 1 aromatic carbocycles. The van der Waals surface area contributed by atoms with Gasteiger partial charge in [-0.25, -0.2) is 14.4 Å². The summed E-state index contributed by atoms with van der Waals surface area (Å²) in [5, 5.41) is 0. The fraction of sp³-hybridized carbons (Fsp3) is 0.350. The van der Waals surface area contributed by atoms with Gasteiger partial charge in [-0.1, -0.05) is 18.7 Å². The minimum absolute atomic E-state index is 0.236. The highest BCUT2D eigenvalue weighted by atomic mass is 16.7. The maximum atomic E-state index is 11.6. The summed E-state index contributed by atoms with van der Waals surface area (Å²) in [6.07, 6.45) is 3.31. The molecule has 0 atom stereocenters. The largest absolute Gasteiger partial charge is 0.513 e. The third-order valence-electron chi connectivity index (χ3n) is 3.12. The lowest BCUT2D eigenvalue weighted by Gasteiger charge is -2.05. The van der Waals surface area contributed by atoms with Crippen LogP contribution in [0.2, 0.25) is 0 Å². The Labute approximate surface area is 158 Å². The Balaban J connectivity index is 2.26. The quantitative estimate of drug-likeness (QED) is 0.202. The molecular weight excluding hydrogens is 352 g/mol. The van der Waals surface area contributed by atoms with Gasteiger partial charge in [0.25, 0.3) is 0 Å². The molecule has 0 aliphatic rings. The highest BCUT2D eigenvalue weighted by Crippen LogP contribution is 2.14. The summed E-state index contributed by atoms with van der Waals surface area (Å²) < 4.78 is 19.6. The molecule has 0 radical (unpaired) electrons. The summed E-state index contributed by atoms with van der Waals surface area (Å²) in [6, 6.07) is 6.56. The molecule has 0 N–H and O–H groups in total. The van der Waals surface area contributed by atoms with Crippen LogP contribution in [-0.4, -0.2) is 37.9 Å². The van der Waals surface area contributed by atoms with E-state index in [4.69, 9.17) is 14.2 Å². The van der Waals surface area contributed by atoms with Crippen LogP contribution in [-0.2, 0) is 23.8 Å². The highest BCUT2D eigenvalue weighted by molar-refractivity contribution is 5.87. The van der Waals surface area contributed by atoms with Crippen molar-refractivity contribution >= 4 is 24.2 Å². The van der Waals surface area contributed by atoms with E-state index in [2.05, 4.69) is 11.3 Å². The molecule has 0 heterocycles. The van der Waals surface area contributed by atoms with Crippen LogP contribution in [0.5, 0.6) is 5.75 Å². The van der Waals surface area contributed by atoms with Gasteiger partial charge in [0.05, 0.1) is 19.8 Å². The van der Waals surface area contributed by atoms with Gasteiger partial charge in [-0.2, -0.15) is 0 Å². The Morgan fingerprint density at radius 1 is 1.00 bits per heavy atom. The van der Waals surface area contributed by atoms with E-state index in [9.17, 15) is 14.4 Å². The van der Waals surface area contributed by atoms with E-state index in [0.717, 1.165) is 5.56 Å². The molecule has 1 rings (SSSR count). The molecular formula is C20H24O7. The van der Waals surface area contributed by atoms with E-state index in [1.54, 1.807) is 44.2 Å². The standard InChI is InChI=1S/C20H24O7/c1-4-24-20(23)27-17-10-7-16(8-11-17)9-12-18(21)25-13-5-6-14-26-19(22)15(2)3/h7-12H,2,4-6,13-14H2,1,3H3/b12-9+. The van der Waals surface area contributed by atoms with Gasteiger partial charge in [-0.05, 0) is 50.5 Å². The van der Waals surface area contributed by atoms with Crippen molar-refractivity contribution < 1.29 is 33.3 Å². The minimum atomic E-state index is -0.765. The van der Waals surface area contributed by atoms with Gasteiger partial charge in [0.15, 0.2) is 0 Å². The number of hydrogen-bond acceptors (Lipinski definition) is 7. The van der Waals surface area contributed by atoms with Crippen LogP contribution in [0.1, 0.15) is 32.3 Å². The number of esters is 2. The predicted octanol–water partition coefficient (Wildman–Crippen LogP) is 3.68. The first kappa shape index (κ1) is 22.0. The molecule has 1 aromatic rings. The monoisotopic (exact) mass is 376 g/mol.